The van der Waals surface area contributed by atoms with Gasteiger partial charge in [-0.05, 0) is 12.8 Å². The second-order valence-electron chi connectivity index (χ2n) is 5.42. The predicted molar refractivity (Wildman–Crippen MR) is 69.9 cm³/mol. The molecule has 19 heavy (non-hydrogen) atoms. The normalized spacial score (nSPS) is 21.9. The van der Waals surface area contributed by atoms with Crippen molar-refractivity contribution in [1.29, 1.82) is 0 Å². The van der Waals surface area contributed by atoms with Crippen molar-refractivity contribution < 1.29 is 9.15 Å². The average molecular weight is 266 g/mol. The summed E-state index contributed by atoms with van der Waals surface area (Å²) in [5.74, 6) is 2.16. The van der Waals surface area contributed by atoms with E-state index in [4.69, 9.17) is 9.15 Å². The molecule has 106 valence electrons. The molecule has 1 saturated heterocycles. The van der Waals surface area contributed by atoms with Crippen LogP contribution in [0, 0.1) is 0 Å². The molecule has 1 aliphatic carbocycles. The second kappa shape index (κ2) is 5.98. The highest BCUT2D eigenvalue weighted by Crippen LogP contribution is 2.39. The third-order valence-corrected chi connectivity index (χ3v) is 3.84. The van der Waals surface area contributed by atoms with Crippen molar-refractivity contribution in [2.45, 2.75) is 25.3 Å². The van der Waals surface area contributed by atoms with Crippen LogP contribution in [-0.2, 0) is 11.3 Å². The molecule has 2 heterocycles. The number of nitrogens with zero attached hydrogens (tertiary/aromatic N) is 4. The van der Waals surface area contributed by atoms with Crippen molar-refractivity contribution >= 4 is 0 Å². The van der Waals surface area contributed by atoms with Crippen LogP contribution in [0.3, 0.4) is 0 Å². The van der Waals surface area contributed by atoms with Crippen molar-refractivity contribution in [3.05, 3.63) is 11.8 Å². The number of piperazine rings is 1. The summed E-state index contributed by atoms with van der Waals surface area (Å²) in [5, 5.41) is 8.28. The monoisotopic (exact) mass is 266 g/mol. The highest BCUT2D eigenvalue weighted by molar-refractivity contribution is 5.00. The number of hydrogen-bond donors (Lipinski definition) is 0. The molecular formula is C13H22N4O2. The average Bonchev–Trinajstić information content (AvgIpc) is 3.19. The smallest absolute Gasteiger partial charge is 0.230 e. The van der Waals surface area contributed by atoms with Gasteiger partial charge in [-0.15, -0.1) is 10.2 Å². The largest absolute Gasteiger partial charge is 0.424 e. The first-order valence-corrected chi connectivity index (χ1v) is 7.11. The van der Waals surface area contributed by atoms with Crippen LogP contribution in [0.1, 0.15) is 30.5 Å². The third-order valence-electron chi connectivity index (χ3n) is 3.84. The molecule has 2 fully saturated rings. The lowest BCUT2D eigenvalue weighted by Gasteiger charge is -2.33. The van der Waals surface area contributed by atoms with Gasteiger partial charge in [0.2, 0.25) is 11.8 Å². The molecule has 0 amide bonds. The fourth-order valence-corrected chi connectivity index (χ4v) is 2.41. The topological polar surface area (TPSA) is 54.6 Å². The molecule has 1 saturated carbocycles. The Hall–Kier alpha value is -0.980. The van der Waals surface area contributed by atoms with E-state index in [-0.39, 0.29) is 0 Å². The predicted octanol–water partition coefficient (Wildman–Crippen LogP) is 0.711. The second-order valence-corrected chi connectivity index (χ2v) is 5.42. The molecule has 0 atom stereocenters. The summed E-state index contributed by atoms with van der Waals surface area (Å²) in [6.45, 7) is 6.93. The fourth-order valence-electron chi connectivity index (χ4n) is 2.41. The Morgan fingerprint density at radius 2 is 1.89 bits per heavy atom. The van der Waals surface area contributed by atoms with Crippen molar-refractivity contribution in [1.82, 2.24) is 20.0 Å². The maximum absolute atomic E-state index is 5.70. The molecule has 2 aliphatic rings. The van der Waals surface area contributed by atoms with E-state index in [9.17, 15) is 0 Å². The Morgan fingerprint density at radius 3 is 2.58 bits per heavy atom. The summed E-state index contributed by atoms with van der Waals surface area (Å²) in [6, 6.07) is 0. The Morgan fingerprint density at radius 1 is 1.16 bits per heavy atom. The lowest BCUT2D eigenvalue weighted by atomic mass is 10.3. The van der Waals surface area contributed by atoms with Gasteiger partial charge in [-0.2, -0.15) is 0 Å². The van der Waals surface area contributed by atoms with E-state index in [2.05, 4.69) is 20.0 Å². The van der Waals surface area contributed by atoms with E-state index in [0.29, 0.717) is 5.92 Å². The van der Waals surface area contributed by atoms with Crippen molar-refractivity contribution in [2.24, 2.45) is 0 Å². The molecular weight excluding hydrogens is 244 g/mol. The Bertz CT molecular complexity index is 397. The third kappa shape index (κ3) is 3.52. The zero-order valence-corrected chi connectivity index (χ0v) is 11.5. The van der Waals surface area contributed by atoms with Crippen LogP contribution >= 0.6 is 0 Å². The van der Waals surface area contributed by atoms with Crippen molar-refractivity contribution in [3.8, 4) is 0 Å². The van der Waals surface area contributed by atoms with Gasteiger partial charge in [0.05, 0.1) is 13.2 Å². The van der Waals surface area contributed by atoms with E-state index in [0.717, 1.165) is 57.7 Å². The van der Waals surface area contributed by atoms with E-state index >= 15 is 0 Å². The molecule has 0 unspecified atom stereocenters. The van der Waals surface area contributed by atoms with E-state index in [1.165, 1.54) is 12.8 Å². The van der Waals surface area contributed by atoms with Crippen molar-refractivity contribution in [2.75, 3.05) is 46.4 Å². The lowest BCUT2D eigenvalue weighted by Crippen LogP contribution is -2.46. The Kier molecular flexibility index (Phi) is 4.10. The molecule has 0 bridgehead atoms. The number of aromatic nitrogens is 2. The van der Waals surface area contributed by atoms with Gasteiger partial charge >= 0.3 is 0 Å². The first kappa shape index (κ1) is 13.0. The minimum Gasteiger partial charge on any atom is -0.424 e. The number of ether oxygens (including phenoxy) is 1. The summed E-state index contributed by atoms with van der Waals surface area (Å²) in [7, 11) is 1.75. The maximum atomic E-state index is 5.70. The first-order valence-electron chi connectivity index (χ1n) is 7.11. The van der Waals surface area contributed by atoms with Gasteiger partial charge in [0.1, 0.15) is 0 Å². The van der Waals surface area contributed by atoms with Gasteiger partial charge in [0, 0.05) is 45.8 Å². The van der Waals surface area contributed by atoms with Crippen LogP contribution < -0.4 is 0 Å². The highest BCUT2D eigenvalue weighted by Gasteiger charge is 2.29. The molecule has 0 radical (unpaired) electrons. The van der Waals surface area contributed by atoms with Gasteiger partial charge in [0.15, 0.2) is 0 Å². The van der Waals surface area contributed by atoms with Crippen LogP contribution in [0.2, 0.25) is 0 Å². The quantitative estimate of drug-likeness (QED) is 0.756. The molecule has 6 nitrogen and oxygen atoms in total. The van der Waals surface area contributed by atoms with Crippen LogP contribution in [-0.4, -0.2) is 66.4 Å². The van der Waals surface area contributed by atoms with Gasteiger partial charge in [-0.3, -0.25) is 9.80 Å². The van der Waals surface area contributed by atoms with Crippen LogP contribution in [0.15, 0.2) is 4.42 Å². The number of methoxy groups -OCH3 is 1. The SMILES string of the molecule is COCCN1CCN(Cc2nnc(C3CC3)o2)CC1. The van der Waals surface area contributed by atoms with E-state index < -0.39 is 0 Å². The molecule has 3 rings (SSSR count). The zero-order valence-electron chi connectivity index (χ0n) is 11.5. The van der Waals surface area contributed by atoms with E-state index in [1.54, 1.807) is 7.11 Å². The summed E-state index contributed by atoms with van der Waals surface area (Å²) >= 11 is 0. The summed E-state index contributed by atoms with van der Waals surface area (Å²) in [6.07, 6.45) is 2.42. The minimum absolute atomic E-state index is 0.548. The molecule has 6 heteroatoms. The standard InChI is InChI=1S/C13H22N4O2/c1-18-9-8-16-4-6-17(7-5-16)10-12-14-15-13(19-12)11-2-3-11/h11H,2-10H2,1H3. The van der Waals surface area contributed by atoms with Crippen LogP contribution in [0.25, 0.3) is 0 Å². The number of hydrogen-bond acceptors (Lipinski definition) is 6. The Labute approximate surface area is 113 Å². The van der Waals surface area contributed by atoms with Crippen molar-refractivity contribution in [3.63, 3.8) is 0 Å². The molecule has 0 N–H and O–H groups in total. The summed E-state index contributed by atoms with van der Waals surface area (Å²) in [5.41, 5.74) is 0. The fraction of sp³-hybridized carbons (Fsp3) is 0.846. The van der Waals surface area contributed by atoms with Crippen LogP contribution in [0.4, 0.5) is 0 Å². The van der Waals surface area contributed by atoms with Gasteiger partial charge in [0.25, 0.3) is 0 Å². The zero-order chi connectivity index (χ0) is 13.1. The molecule has 1 aromatic heterocycles. The molecule has 1 aliphatic heterocycles. The molecule has 0 spiro atoms. The Balaban J connectivity index is 1.43. The number of rotatable bonds is 6. The molecule has 0 aromatic carbocycles. The molecule has 1 aromatic rings. The highest BCUT2D eigenvalue weighted by atomic mass is 16.5. The lowest BCUT2D eigenvalue weighted by molar-refractivity contribution is 0.0893. The van der Waals surface area contributed by atoms with Gasteiger partial charge in [-0.1, -0.05) is 0 Å². The first-order chi connectivity index (χ1) is 9.35. The van der Waals surface area contributed by atoms with E-state index in [1.807, 2.05) is 0 Å². The summed E-state index contributed by atoms with van der Waals surface area (Å²) < 4.78 is 10.8. The summed E-state index contributed by atoms with van der Waals surface area (Å²) in [4.78, 5) is 4.82. The van der Waals surface area contributed by atoms with Gasteiger partial charge in [-0.25, -0.2) is 0 Å². The maximum Gasteiger partial charge on any atom is 0.230 e. The van der Waals surface area contributed by atoms with Gasteiger partial charge < -0.3 is 9.15 Å². The minimum atomic E-state index is 0.548. The van der Waals surface area contributed by atoms with Crippen LogP contribution in [0.5, 0.6) is 0 Å².